The van der Waals surface area contributed by atoms with Crippen molar-refractivity contribution in [3.05, 3.63) is 28.8 Å². The van der Waals surface area contributed by atoms with Crippen LogP contribution in [0, 0.1) is 19.8 Å². The highest BCUT2D eigenvalue weighted by Gasteiger charge is 2.18. The van der Waals surface area contributed by atoms with Gasteiger partial charge in [0.2, 0.25) is 0 Å². The summed E-state index contributed by atoms with van der Waals surface area (Å²) in [5.74, 6) is 1.83. The van der Waals surface area contributed by atoms with Gasteiger partial charge in [-0.05, 0) is 68.3 Å². The van der Waals surface area contributed by atoms with Gasteiger partial charge in [-0.2, -0.15) is 0 Å². The predicted molar refractivity (Wildman–Crippen MR) is 71.5 cm³/mol. The summed E-state index contributed by atoms with van der Waals surface area (Å²) in [5, 5.41) is 0. The molecule has 0 aliphatic heterocycles. The van der Waals surface area contributed by atoms with Gasteiger partial charge in [0, 0.05) is 0 Å². The molecule has 94 valence electrons. The summed E-state index contributed by atoms with van der Waals surface area (Å²) in [7, 11) is 0. The van der Waals surface area contributed by atoms with E-state index in [4.69, 9.17) is 10.5 Å². The minimum absolute atomic E-state index is 0.683. The molecule has 1 saturated carbocycles. The largest absolute Gasteiger partial charge is 0.493 e. The van der Waals surface area contributed by atoms with Crippen LogP contribution in [0.1, 0.15) is 36.0 Å². The molecule has 0 saturated heterocycles. The topological polar surface area (TPSA) is 35.2 Å². The molecule has 1 aromatic rings. The second kappa shape index (κ2) is 5.54. The van der Waals surface area contributed by atoms with Crippen LogP contribution in [0.4, 0.5) is 0 Å². The molecular formula is C15H23NO. The number of hydrogen-bond donors (Lipinski definition) is 1. The molecule has 2 rings (SSSR count). The van der Waals surface area contributed by atoms with Crippen LogP contribution < -0.4 is 10.5 Å². The first-order chi connectivity index (χ1) is 8.20. The number of benzene rings is 1. The molecule has 1 aliphatic carbocycles. The van der Waals surface area contributed by atoms with Gasteiger partial charge in [0.1, 0.15) is 5.75 Å². The van der Waals surface area contributed by atoms with E-state index in [1.165, 1.54) is 36.0 Å². The molecule has 0 radical (unpaired) electrons. The Morgan fingerprint density at radius 1 is 1.24 bits per heavy atom. The third kappa shape index (κ3) is 3.01. The van der Waals surface area contributed by atoms with Crippen LogP contribution in [0.15, 0.2) is 12.1 Å². The summed E-state index contributed by atoms with van der Waals surface area (Å²) in [6, 6.07) is 4.39. The van der Waals surface area contributed by atoms with Crippen LogP contribution in [0.3, 0.4) is 0 Å². The van der Waals surface area contributed by atoms with Crippen LogP contribution in [0.25, 0.3) is 0 Å². The van der Waals surface area contributed by atoms with Crippen LogP contribution in [-0.2, 0) is 6.42 Å². The zero-order valence-electron chi connectivity index (χ0n) is 11.0. The van der Waals surface area contributed by atoms with Gasteiger partial charge in [-0.1, -0.05) is 12.5 Å². The van der Waals surface area contributed by atoms with Gasteiger partial charge >= 0.3 is 0 Å². The zero-order chi connectivity index (χ0) is 12.3. The maximum Gasteiger partial charge on any atom is 0.122 e. The predicted octanol–water partition coefficient (Wildman–Crippen LogP) is 2.98. The van der Waals surface area contributed by atoms with Gasteiger partial charge in [0.15, 0.2) is 0 Å². The lowest BCUT2D eigenvalue weighted by molar-refractivity contribution is 0.179. The summed E-state index contributed by atoms with van der Waals surface area (Å²) in [6.45, 7) is 5.84. The van der Waals surface area contributed by atoms with Crippen molar-refractivity contribution < 1.29 is 4.74 Å². The monoisotopic (exact) mass is 233 g/mol. The number of hydrogen-bond acceptors (Lipinski definition) is 2. The average Bonchev–Trinajstić information content (AvgIpc) is 2.23. The van der Waals surface area contributed by atoms with Gasteiger partial charge in [-0.25, -0.2) is 0 Å². The van der Waals surface area contributed by atoms with Gasteiger partial charge in [-0.15, -0.1) is 0 Å². The molecule has 0 heterocycles. The lowest BCUT2D eigenvalue weighted by atomic mass is 9.86. The first kappa shape index (κ1) is 12.4. The average molecular weight is 233 g/mol. The smallest absolute Gasteiger partial charge is 0.122 e. The Hall–Kier alpha value is -1.02. The van der Waals surface area contributed by atoms with Crippen molar-refractivity contribution in [3.63, 3.8) is 0 Å². The van der Waals surface area contributed by atoms with Gasteiger partial charge < -0.3 is 10.5 Å². The fourth-order valence-corrected chi connectivity index (χ4v) is 2.20. The quantitative estimate of drug-likeness (QED) is 0.848. The SMILES string of the molecule is Cc1cc(CCN)c(OCC2CCC2)cc1C. The molecule has 0 spiro atoms. The second-order valence-electron chi connectivity index (χ2n) is 5.19. The summed E-state index contributed by atoms with van der Waals surface area (Å²) in [4.78, 5) is 0. The molecule has 1 aromatic carbocycles. The van der Waals surface area contributed by atoms with Gasteiger partial charge in [0.25, 0.3) is 0 Å². The Morgan fingerprint density at radius 3 is 2.53 bits per heavy atom. The molecule has 0 aromatic heterocycles. The molecule has 0 unspecified atom stereocenters. The van der Waals surface area contributed by atoms with E-state index in [-0.39, 0.29) is 0 Å². The molecular weight excluding hydrogens is 210 g/mol. The molecule has 1 fully saturated rings. The van der Waals surface area contributed by atoms with Crippen molar-refractivity contribution in [2.24, 2.45) is 11.7 Å². The lowest BCUT2D eigenvalue weighted by Gasteiger charge is -2.26. The Kier molecular flexibility index (Phi) is 4.06. The zero-order valence-corrected chi connectivity index (χ0v) is 11.0. The molecule has 2 heteroatoms. The third-order valence-corrected chi connectivity index (χ3v) is 3.79. The fourth-order valence-electron chi connectivity index (χ4n) is 2.20. The van der Waals surface area contributed by atoms with E-state index in [1.54, 1.807) is 0 Å². The van der Waals surface area contributed by atoms with Crippen molar-refractivity contribution in [2.45, 2.75) is 39.5 Å². The van der Waals surface area contributed by atoms with Crippen LogP contribution in [-0.4, -0.2) is 13.2 Å². The number of aryl methyl sites for hydroxylation is 2. The third-order valence-electron chi connectivity index (χ3n) is 3.79. The second-order valence-corrected chi connectivity index (χ2v) is 5.19. The molecule has 0 atom stereocenters. The maximum absolute atomic E-state index is 5.97. The van der Waals surface area contributed by atoms with Crippen LogP contribution in [0.2, 0.25) is 0 Å². The lowest BCUT2D eigenvalue weighted by Crippen LogP contribution is -2.20. The highest BCUT2D eigenvalue weighted by molar-refractivity contribution is 5.42. The molecule has 0 amide bonds. The Labute approximate surface area is 104 Å². The van der Waals surface area contributed by atoms with E-state index in [0.29, 0.717) is 6.54 Å². The van der Waals surface area contributed by atoms with E-state index in [9.17, 15) is 0 Å². The fraction of sp³-hybridized carbons (Fsp3) is 0.600. The Balaban J connectivity index is 2.08. The minimum atomic E-state index is 0.683. The van der Waals surface area contributed by atoms with E-state index in [0.717, 1.165) is 24.7 Å². The summed E-state index contributed by atoms with van der Waals surface area (Å²) in [6.07, 6.45) is 4.94. The maximum atomic E-state index is 5.97. The molecule has 0 bridgehead atoms. The Bertz CT molecular complexity index is 383. The molecule has 1 aliphatic rings. The minimum Gasteiger partial charge on any atom is -0.493 e. The number of nitrogens with two attached hydrogens (primary N) is 1. The summed E-state index contributed by atoms with van der Waals surface area (Å²) in [5.41, 5.74) is 9.54. The van der Waals surface area contributed by atoms with Gasteiger partial charge in [-0.3, -0.25) is 0 Å². The van der Waals surface area contributed by atoms with E-state index in [1.807, 2.05) is 0 Å². The first-order valence-electron chi connectivity index (χ1n) is 6.63. The normalized spacial score (nSPS) is 15.7. The molecule has 2 nitrogen and oxygen atoms in total. The highest BCUT2D eigenvalue weighted by atomic mass is 16.5. The standard InChI is InChI=1S/C15H23NO/c1-11-8-14(6-7-16)15(9-12(11)2)17-10-13-4-3-5-13/h8-9,13H,3-7,10,16H2,1-2H3. The van der Waals surface area contributed by atoms with Crippen molar-refractivity contribution >= 4 is 0 Å². The van der Waals surface area contributed by atoms with Crippen LogP contribution >= 0.6 is 0 Å². The van der Waals surface area contributed by atoms with Crippen molar-refractivity contribution in [3.8, 4) is 5.75 Å². The van der Waals surface area contributed by atoms with Crippen molar-refractivity contribution in [1.29, 1.82) is 0 Å². The highest BCUT2D eigenvalue weighted by Crippen LogP contribution is 2.29. The first-order valence-corrected chi connectivity index (χ1v) is 6.63. The Morgan fingerprint density at radius 2 is 1.94 bits per heavy atom. The van der Waals surface area contributed by atoms with Crippen molar-refractivity contribution in [1.82, 2.24) is 0 Å². The summed E-state index contributed by atoms with van der Waals surface area (Å²) < 4.78 is 5.97. The molecule has 17 heavy (non-hydrogen) atoms. The van der Waals surface area contributed by atoms with Gasteiger partial charge in [0.05, 0.1) is 6.61 Å². The number of rotatable bonds is 5. The summed E-state index contributed by atoms with van der Waals surface area (Å²) >= 11 is 0. The van der Waals surface area contributed by atoms with E-state index >= 15 is 0 Å². The van der Waals surface area contributed by atoms with Crippen LogP contribution in [0.5, 0.6) is 5.75 Å². The molecule has 2 N–H and O–H groups in total. The van der Waals surface area contributed by atoms with Crippen molar-refractivity contribution in [2.75, 3.05) is 13.2 Å². The van der Waals surface area contributed by atoms with E-state index in [2.05, 4.69) is 26.0 Å². The van der Waals surface area contributed by atoms with E-state index < -0.39 is 0 Å². The number of ether oxygens (including phenoxy) is 1.